The van der Waals surface area contributed by atoms with Gasteiger partial charge in [-0.15, -0.1) is 0 Å². The third-order valence-corrected chi connectivity index (χ3v) is 3.62. The Hall–Kier alpha value is -1.89. The minimum absolute atomic E-state index is 0.00666. The molecule has 18 heavy (non-hydrogen) atoms. The van der Waals surface area contributed by atoms with Gasteiger partial charge in [-0.2, -0.15) is 0 Å². The largest absolute Gasteiger partial charge is 0.477 e. The van der Waals surface area contributed by atoms with Crippen molar-refractivity contribution in [1.82, 2.24) is 15.0 Å². The average Bonchev–Trinajstić information content (AvgIpc) is 2.95. The Morgan fingerprint density at radius 3 is 2.94 bits per heavy atom. The molecule has 0 amide bonds. The molecule has 0 aliphatic carbocycles. The number of thiazole rings is 1. The van der Waals surface area contributed by atoms with Crippen molar-refractivity contribution in [3.8, 4) is 0 Å². The molecule has 0 fully saturated rings. The number of hydrogen-bond donors (Lipinski definition) is 3. The third-order valence-electron chi connectivity index (χ3n) is 2.55. The number of carbonyl (C=O) groups is 1. The van der Waals surface area contributed by atoms with E-state index in [0.717, 1.165) is 23.6 Å². The predicted octanol–water partition coefficient (Wildman–Crippen LogP) is 2.44. The van der Waals surface area contributed by atoms with Gasteiger partial charge in [0.15, 0.2) is 5.13 Å². The number of imidazole rings is 1. The molecule has 0 saturated carbocycles. The van der Waals surface area contributed by atoms with E-state index in [1.165, 1.54) is 0 Å². The van der Waals surface area contributed by atoms with Gasteiger partial charge < -0.3 is 15.4 Å². The normalized spacial score (nSPS) is 12.3. The fourth-order valence-electron chi connectivity index (χ4n) is 1.64. The first-order valence-corrected chi connectivity index (χ1v) is 6.40. The van der Waals surface area contributed by atoms with Crippen LogP contribution in [0.5, 0.6) is 0 Å². The smallest absolute Gasteiger partial charge is 0.347 e. The molecule has 0 saturated heterocycles. The number of nitrogens with zero attached hydrogens (tertiary/aromatic N) is 2. The number of aromatic amines is 1. The molecular formula is C11H14N4O2S. The van der Waals surface area contributed by atoms with Crippen LogP contribution in [-0.4, -0.2) is 26.0 Å². The number of carboxylic acids is 1. The van der Waals surface area contributed by atoms with Gasteiger partial charge in [0.1, 0.15) is 10.7 Å². The number of H-pyrrole nitrogens is 1. The van der Waals surface area contributed by atoms with Crippen molar-refractivity contribution in [2.24, 2.45) is 0 Å². The van der Waals surface area contributed by atoms with E-state index in [0.29, 0.717) is 10.8 Å². The molecule has 2 aromatic rings. The van der Waals surface area contributed by atoms with Gasteiger partial charge in [0, 0.05) is 12.4 Å². The van der Waals surface area contributed by atoms with E-state index in [2.05, 4.69) is 20.3 Å². The van der Waals surface area contributed by atoms with Crippen molar-refractivity contribution >= 4 is 22.4 Å². The van der Waals surface area contributed by atoms with Crippen molar-refractivity contribution in [3.05, 3.63) is 28.8 Å². The average molecular weight is 266 g/mol. The summed E-state index contributed by atoms with van der Waals surface area (Å²) in [5, 5.41) is 12.8. The van der Waals surface area contributed by atoms with Gasteiger partial charge in [-0.05, 0) is 13.3 Å². The van der Waals surface area contributed by atoms with E-state index in [1.54, 1.807) is 19.3 Å². The lowest BCUT2D eigenvalue weighted by molar-refractivity contribution is 0.0701. The minimum Gasteiger partial charge on any atom is -0.477 e. The van der Waals surface area contributed by atoms with Crippen LogP contribution < -0.4 is 5.32 Å². The van der Waals surface area contributed by atoms with Crippen LogP contribution in [0, 0.1) is 6.92 Å². The van der Waals surface area contributed by atoms with E-state index < -0.39 is 5.97 Å². The molecule has 0 spiro atoms. The van der Waals surface area contributed by atoms with Crippen molar-refractivity contribution in [1.29, 1.82) is 0 Å². The highest BCUT2D eigenvalue weighted by molar-refractivity contribution is 7.17. The number of carboxylic acid groups (broad SMARTS) is 1. The maximum Gasteiger partial charge on any atom is 0.347 e. The van der Waals surface area contributed by atoms with E-state index in [1.807, 2.05) is 6.92 Å². The van der Waals surface area contributed by atoms with E-state index in [-0.39, 0.29) is 10.9 Å². The Balaban J connectivity index is 2.18. The molecule has 6 nitrogen and oxygen atoms in total. The van der Waals surface area contributed by atoms with Crippen LogP contribution in [0.15, 0.2) is 12.4 Å². The Morgan fingerprint density at radius 2 is 2.44 bits per heavy atom. The van der Waals surface area contributed by atoms with Crippen LogP contribution in [0.25, 0.3) is 0 Å². The highest BCUT2D eigenvalue weighted by Crippen LogP contribution is 2.26. The molecule has 0 bridgehead atoms. The molecule has 1 atom stereocenters. The molecule has 2 heterocycles. The maximum atomic E-state index is 10.9. The summed E-state index contributed by atoms with van der Waals surface area (Å²) in [4.78, 5) is 22.7. The van der Waals surface area contributed by atoms with Crippen LogP contribution >= 0.6 is 11.3 Å². The van der Waals surface area contributed by atoms with Gasteiger partial charge in [-0.25, -0.2) is 14.8 Å². The Labute approximate surface area is 108 Å². The second kappa shape index (κ2) is 5.18. The maximum absolute atomic E-state index is 10.9. The molecule has 0 aliphatic rings. The Bertz CT molecular complexity index is 535. The van der Waals surface area contributed by atoms with Crippen LogP contribution in [0.2, 0.25) is 0 Å². The zero-order valence-corrected chi connectivity index (χ0v) is 10.9. The molecule has 0 aromatic carbocycles. The molecule has 0 aliphatic heterocycles. The fourth-order valence-corrected chi connectivity index (χ4v) is 2.50. The van der Waals surface area contributed by atoms with Gasteiger partial charge >= 0.3 is 5.97 Å². The van der Waals surface area contributed by atoms with Crippen molar-refractivity contribution < 1.29 is 9.90 Å². The van der Waals surface area contributed by atoms with Gasteiger partial charge in [0.25, 0.3) is 0 Å². The van der Waals surface area contributed by atoms with Crippen molar-refractivity contribution in [3.63, 3.8) is 0 Å². The first-order chi connectivity index (χ1) is 8.61. The fraction of sp³-hybridized carbons (Fsp3) is 0.364. The van der Waals surface area contributed by atoms with E-state index in [4.69, 9.17) is 5.11 Å². The standard InChI is InChI=1S/C11H14N4O2S/c1-3-7(9-12-4-5-13-9)15-11-14-6(2)8(18-11)10(16)17/h4-5,7H,3H2,1-2H3,(H,12,13)(H,14,15)(H,16,17). The summed E-state index contributed by atoms with van der Waals surface area (Å²) >= 11 is 1.15. The number of hydrogen-bond acceptors (Lipinski definition) is 5. The lowest BCUT2D eigenvalue weighted by atomic mass is 10.2. The number of aromatic carboxylic acids is 1. The minimum atomic E-state index is -0.941. The third kappa shape index (κ3) is 2.51. The monoisotopic (exact) mass is 266 g/mol. The quantitative estimate of drug-likeness (QED) is 0.773. The number of rotatable bonds is 5. The van der Waals surface area contributed by atoms with Gasteiger partial charge in [-0.3, -0.25) is 0 Å². The number of aromatic nitrogens is 3. The van der Waals surface area contributed by atoms with Gasteiger partial charge in [-0.1, -0.05) is 18.3 Å². The van der Waals surface area contributed by atoms with E-state index in [9.17, 15) is 4.79 Å². The van der Waals surface area contributed by atoms with Gasteiger partial charge in [0.05, 0.1) is 11.7 Å². The second-order valence-electron chi connectivity index (χ2n) is 3.82. The molecule has 96 valence electrons. The summed E-state index contributed by atoms with van der Waals surface area (Å²) in [7, 11) is 0. The van der Waals surface area contributed by atoms with Crippen LogP contribution in [-0.2, 0) is 0 Å². The molecule has 7 heteroatoms. The van der Waals surface area contributed by atoms with Crippen molar-refractivity contribution in [2.75, 3.05) is 5.32 Å². The summed E-state index contributed by atoms with van der Waals surface area (Å²) in [6, 6.07) is 0.00666. The summed E-state index contributed by atoms with van der Waals surface area (Å²) in [6.07, 6.45) is 4.28. The Kier molecular flexibility index (Phi) is 3.61. The molecule has 2 aromatic heterocycles. The summed E-state index contributed by atoms with van der Waals surface area (Å²) in [5.74, 6) is -0.119. The van der Waals surface area contributed by atoms with Crippen LogP contribution in [0.1, 0.15) is 40.6 Å². The summed E-state index contributed by atoms with van der Waals surface area (Å²) in [5.41, 5.74) is 0.532. The van der Waals surface area contributed by atoms with Crippen LogP contribution in [0.4, 0.5) is 5.13 Å². The molecule has 3 N–H and O–H groups in total. The number of nitrogens with one attached hydrogen (secondary N) is 2. The molecular weight excluding hydrogens is 252 g/mol. The highest BCUT2D eigenvalue weighted by Gasteiger charge is 2.17. The molecule has 1 unspecified atom stereocenters. The Morgan fingerprint density at radius 1 is 1.67 bits per heavy atom. The van der Waals surface area contributed by atoms with E-state index >= 15 is 0 Å². The number of aryl methyl sites for hydroxylation is 1. The first kappa shape index (κ1) is 12.6. The highest BCUT2D eigenvalue weighted by atomic mass is 32.1. The predicted molar refractivity (Wildman–Crippen MR) is 69.1 cm³/mol. The van der Waals surface area contributed by atoms with Gasteiger partial charge in [0.2, 0.25) is 0 Å². The first-order valence-electron chi connectivity index (χ1n) is 5.58. The topological polar surface area (TPSA) is 90.9 Å². The van der Waals surface area contributed by atoms with Crippen LogP contribution in [0.3, 0.4) is 0 Å². The zero-order chi connectivity index (χ0) is 13.1. The lowest BCUT2D eigenvalue weighted by Gasteiger charge is -2.13. The number of anilines is 1. The lowest BCUT2D eigenvalue weighted by Crippen LogP contribution is -2.11. The molecule has 0 radical (unpaired) electrons. The van der Waals surface area contributed by atoms with Crippen molar-refractivity contribution in [2.45, 2.75) is 26.3 Å². The summed E-state index contributed by atoms with van der Waals surface area (Å²) < 4.78 is 0. The summed E-state index contributed by atoms with van der Waals surface area (Å²) in [6.45, 7) is 3.72. The molecule has 2 rings (SSSR count). The zero-order valence-electron chi connectivity index (χ0n) is 10.1. The SMILES string of the molecule is CCC(Nc1nc(C)c(C(=O)O)s1)c1ncc[nH]1. The second-order valence-corrected chi connectivity index (χ2v) is 4.82.